The van der Waals surface area contributed by atoms with Crippen LogP contribution in [-0.2, 0) is 12.8 Å². The number of aryl methyl sites for hydroxylation is 2. The molecular formula is C12H17F3N4O. The Morgan fingerprint density at radius 2 is 1.85 bits per heavy atom. The summed E-state index contributed by atoms with van der Waals surface area (Å²) in [7, 11) is 0. The van der Waals surface area contributed by atoms with Gasteiger partial charge in [-0.05, 0) is 12.8 Å². The molecule has 1 unspecified atom stereocenters. The third-order valence-corrected chi connectivity index (χ3v) is 3.56. The van der Waals surface area contributed by atoms with Crippen LogP contribution >= 0.6 is 0 Å². The van der Waals surface area contributed by atoms with E-state index in [1.54, 1.807) is 0 Å². The topological polar surface area (TPSA) is 62.1 Å². The lowest BCUT2D eigenvalue weighted by molar-refractivity contribution is -0.250. The highest BCUT2D eigenvalue weighted by molar-refractivity contribution is 5.34. The lowest BCUT2D eigenvalue weighted by atomic mass is 10.0. The Morgan fingerprint density at radius 3 is 2.35 bits per heavy atom. The van der Waals surface area contributed by atoms with E-state index in [0.29, 0.717) is 12.8 Å². The van der Waals surface area contributed by atoms with E-state index in [2.05, 4.69) is 15.2 Å². The maximum Gasteiger partial charge on any atom is 0.419 e. The molecule has 2 rings (SSSR count). The second-order valence-electron chi connectivity index (χ2n) is 4.91. The van der Waals surface area contributed by atoms with Crippen molar-refractivity contribution in [2.24, 2.45) is 0 Å². The molecule has 1 aromatic heterocycles. The SMILES string of the molecule is CCc1nnc(N2CCC(O)(C(F)(F)F)C2)nc1CC. The highest BCUT2D eigenvalue weighted by atomic mass is 19.4. The minimum atomic E-state index is -4.65. The maximum atomic E-state index is 12.8. The first-order valence-electron chi connectivity index (χ1n) is 6.57. The number of halogens is 3. The largest absolute Gasteiger partial charge is 0.419 e. The van der Waals surface area contributed by atoms with Gasteiger partial charge in [-0.3, -0.25) is 0 Å². The molecular weight excluding hydrogens is 273 g/mol. The Morgan fingerprint density at radius 1 is 1.20 bits per heavy atom. The fourth-order valence-electron chi connectivity index (χ4n) is 2.26. The van der Waals surface area contributed by atoms with Gasteiger partial charge in [-0.2, -0.15) is 18.3 Å². The summed E-state index contributed by atoms with van der Waals surface area (Å²) in [5, 5.41) is 17.5. The molecule has 2 heterocycles. The fourth-order valence-corrected chi connectivity index (χ4v) is 2.26. The van der Waals surface area contributed by atoms with Gasteiger partial charge in [-0.15, -0.1) is 5.10 Å². The summed E-state index contributed by atoms with van der Waals surface area (Å²) >= 11 is 0. The number of hydrogen-bond donors (Lipinski definition) is 1. The Kier molecular flexibility index (Phi) is 3.86. The summed E-state index contributed by atoms with van der Waals surface area (Å²) in [4.78, 5) is 5.60. The second-order valence-corrected chi connectivity index (χ2v) is 4.91. The summed E-state index contributed by atoms with van der Waals surface area (Å²) in [5.41, 5.74) is -1.20. The highest BCUT2D eigenvalue weighted by Gasteiger charge is 2.57. The van der Waals surface area contributed by atoms with Crippen LogP contribution in [0.2, 0.25) is 0 Å². The van der Waals surface area contributed by atoms with Crippen molar-refractivity contribution in [1.29, 1.82) is 0 Å². The van der Waals surface area contributed by atoms with E-state index in [4.69, 9.17) is 0 Å². The molecule has 0 aliphatic carbocycles. The zero-order chi connectivity index (χ0) is 15.0. The number of aliphatic hydroxyl groups is 1. The predicted octanol–water partition coefficient (Wildman–Crippen LogP) is 1.50. The summed E-state index contributed by atoms with van der Waals surface area (Å²) in [5.74, 6) is 0.152. The quantitative estimate of drug-likeness (QED) is 0.914. The lowest BCUT2D eigenvalue weighted by Crippen LogP contribution is -2.47. The van der Waals surface area contributed by atoms with Crippen molar-refractivity contribution in [3.63, 3.8) is 0 Å². The van der Waals surface area contributed by atoms with Crippen molar-refractivity contribution in [1.82, 2.24) is 15.2 Å². The van der Waals surface area contributed by atoms with Gasteiger partial charge in [0.2, 0.25) is 5.95 Å². The van der Waals surface area contributed by atoms with E-state index in [0.717, 1.165) is 11.4 Å². The molecule has 20 heavy (non-hydrogen) atoms. The Bertz CT molecular complexity index is 494. The van der Waals surface area contributed by atoms with Gasteiger partial charge in [-0.25, -0.2) is 4.98 Å². The average molecular weight is 290 g/mol. The van der Waals surface area contributed by atoms with E-state index in [1.807, 2.05) is 13.8 Å². The monoisotopic (exact) mass is 290 g/mol. The molecule has 1 aliphatic rings. The summed E-state index contributed by atoms with van der Waals surface area (Å²) in [6, 6.07) is 0. The minimum absolute atomic E-state index is 0.0618. The van der Waals surface area contributed by atoms with Gasteiger partial charge in [-0.1, -0.05) is 13.8 Å². The van der Waals surface area contributed by atoms with Crippen molar-refractivity contribution in [3.05, 3.63) is 11.4 Å². The van der Waals surface area contributed by atoms with E-state index < -0.39 is 18.3 Å². The molecule has 0 saturated carbocycles. The van der Waals surface area contributed by atoms with Crippen LogP contribution in [0.1, 0.15) is 31.7 Å². The van der Waals surface area contributed by atoms with Crippen LogP contribution in [0.4, 0.5) is 19.1 Å². The molecule has 1 atom stereocenters. The normalized spacial score (nSPS) is 23.4. The first kappa shape index (κ1) is 15.0. The molecule has 1 N–H and O–H groups in total. The second kappa shape index (κ2) is 5.16. The van der Waals surface area contributed by atoms with Gasteiger partial charge < -0.3 is 10.0 Å². The van der Waals surface area contributed by atoms with Gasteiger partial charge in [0.1, 0.15) is 0 Å². The lowest BCUT2D eigenvalue weighted by Gasteiger charge is -2.25. The molecule has 112 valence electrons. The van der Waals surface area contributed by atoms with E-state index in [1.165, 1.54) is 4.90 Å². The van der Waals surface area contributed by atoms with Crippen LogP contribution in [0.3, 0.4) is 0 Å². The Labute approximate surface area is 114 Å². The number of anilines is 1. The number of rotatable bonds is 3. The zero-order valence-electron chi connectivity index (χ0n) is 11.4. The summed E-state index contributed by atoms with van der Waals surface area (Å²) in [6.07, 6.45) is -3.71. The van der Waals surface area contributed by atoms with E-state index in [9.17, 15) is 18.3 Å². The third-order valence-electron chi connectivity index (χ3n) is 3.56. The predicted molar refractivity (Wildman–Crippen MR) is 66.4 cm³/mol. The molecule has 0 radical (unpaired) electrons. The van der Waals surface area contributed by atoms with Crippen LogP contribution in [0, 0.1) is 0 Å². The van der Waals surface area contributed by atoms with E-state index in [-0.39, 0.29) is 18.9 Å². The van der Waals surface area contributed by atoms with Gasteiger partial charge in [0.15, 0.2) is 5.60 Å². The van der Waals surface area contributed by atoms with Crippen molar-refractivity contribution < 1.29 is 18.3 Å². The summed E-state index contributed by atoms with van der Waals surface area (Å²) < 4.78 is 38.3. The molecule has 0 amide bonds. The van der Waals surface area contributed by atoms with Crippen molar-refractivity contribution in [2.75, 3.05) is 18.0 Å². The van der Waals surface area contributed by atoms with Crippen LogP contribution in [0.15, 0.2) is 0 Å². The molecule has 0 aromatic carbocycles. The van der Waals surface area contributed by atoms with Gasteiger partial charge in [0, 0.05) is 13.0 Å². The molecule has 0 spiro atoms. The molecule has 1 aliphatic heterocycles. The first-order chi connectivity index (χ1) is 9.30. The zero-order valence-corrected chi connectivity index (χ0v) is 11.4. The third kappa shape index (κ3) is 2.56. The minimum Gasteiger partial charge on any atom is -0.379 e. The standard InChI is InChI=1S/C12H17F3N4O/c1-3-8-9(4-2)17-18-10(16-8)19-6-5-11(20,7-19)12(13,14)15/h20H,3-7H2,1-2H3. The Hall–Kier alpha value is -1.44. The number of hydrogen-bond acceptors (Lipinski definition) is 5. The average Bonchev–Trinajstić information content (AvgIpc) is 2.81. The van der Waals surface area contributed by atoms with Crippen molar-refractivity contribution in [2.45, 2.75) is 44.9 Å². The molecule has 0 bridgehead atoms. The van der Waals surface area contributed by atoms with Gasteiger partial charge >= 0.3 is 6.18 Å². The van der Waals surface area contributed by atoms with E-state index >= 15 is 0 Å². The number of alkyl halides is 3. The molecule has 1 saturated heterocycles. The number of aromatic nitrogens is 3. The van der Waals surface area contributed by atoms with Crippen LogP contribution in [0.5, 0.6) is 0 Å². The smallest absolute Gasteiger partial charge is 0.379 e. The van der Waals surface area contributed by atoms with Crippen LogP contribution in [0.25, 0.3) is 0 Å². The number of β-amino-alcohol motifs (C(OH)–C–C–N with tert-alkyl or cyclic N) is 1. The highest BCUT2D eigenvalue weighted by Crippen LogP contribution is 2.38. The number of nitrogens with zero attached hydrogens (tertiary/aromatic N) is 4. The summed E-state index contributed by atoms with van der Waals surface area (Å²) in [6.45, 7) is 3.34. The molecule has 1 fully saturated rings. The first-order valence-corrected chi connectivity index (χ1v) is 6.57. The van der Waals surface area contributed by atoms with Crippen molar-refractivity contribution >= 4 is 5.95 Å². The van der Waals surface area contributed by atoms with Crippen molar-refractivity contribution in [3.8, 4) is 0 Å². The molecule has 1 aromatic rings. The molecule has 5 nitrogen and oxygen atoms in total. The molecule has 8 heteroatoms. The maximum absolute atomic E-state index is 12.8. The van der Waals surface area contributed by atoms with Gasteiger partial charge in [0.25, 0.3) is 0 Å². The fraction of sp³-hybridized carbons (Fsp3) is 0.750. The Balaban J connectivity index is 2.22. The van der Waals surface area contributed by atoms with Crippen LogP contribution in [-0.4, -0.2) is 45.2 Å². The van der Waals surface area contributed by atoms with Crippen LogP contribution < -0.4 is 4.90 Å². The van der Waals surface area contributed by atoms with Gasteiger partial charge in [0.05, 0.1) is 17.9 Å².